The Labute approximate surface area is 189 Å². The van der Waals surface area contributed by atoms with Crippen molar-refractivity contribution in [2.75, 3.05) is 19.8 Å². The van der Waals surface area contributed by atoms with Crippen LogP contribution in [0.15, 0.2) is 39.4 Å². The van der Waals surface area contributed by atoms with Crippen molar-refractivity contribution in [2.45, 2.75) is 20.8 Å². The van der Waals surface area contributed by atoms with Crippen LogP contribution in [0.25, 0.3) is 22.9 Å². The third-order valence-corrected chi connectivity index (χ3v) is 3.18. The van der Waals surface area contributed by atoms with Crippen molar-refractivity contribution in [3.8, 4) is 40.7 Å². The Morgan fingerprint density at radius 2 is 1.50 bits per heavy atom. The molecule has 3 rings (SSSR count). The van der Waals surface area contributed by atoms with Crippen LogP contribution < -0.4 is 9.47 Å². The zero-order chi connectivity index (χ0) is 21.1. The fourth-order valence-electron chi connectivity index (χ4n) is 2.07. The Kier molecular flexibility index (Phi) is 11.0. The maximum absolute atomic E-state index is 9.89. The van der Waals surface area contributed by atoms with Gasteiger partial charge in [-0.15, -0.1) is 24.3 Å². The van der Waals surface area contributed by atoms with Gasteiger partial charge in [0.25, 0.3) is 11.9 Å². The molecule has 160 valence electrons. The topological polar surface area (TPSA) is 96.8 Å². The summed E-state index contributed by atoms with van der Waals surface area (Å²) in [6.45, 7) is 6.80. The van der Waals surface area contributed by atoms with Gasteiger partial charge in [-0.25, -0.2) is 5.92 Å². The molecule has 9 heteroatoms. The number of rotatable bonds is 7. The molecule has 0 N–H and O–H groups in total. The Bertz CT molecular complexity index is 901. The number of esters is 1. The molecule has 30 heavy (non-hydrogen) atoms. The van der Waals surface area contributed by atoms with Gasteiger partial charge >= 0.3 is 21.1 Å². The van der Waals surface area contributed by atoms with E-state index in [4.69, 9.17) is 24.7 Å². The largest absolute Gasteiger partial charge is 2.00 e. The van der Waals surface area contributed by atoms with E-state index in [2.05, 4.69) is 20.8 Å². The summed E-state index contributed by atoms with van der Waals surface area (Å²) in [5.74, 6) is 2.47. The number of oxazole rings is 2. The first-order valence-electron chi connectivity index (χ1n) is 8.91. The van der Waals surface area contributed by atoms with Gasteiger partial charge in [0.1, 0.15) is 12.4 Å². The molecule has 1 aromatic carbocycles. The SMILES string of the molecule is CCOc1cnc(-c2[c-]c(-c3ncc(OCC)o3)ccc2)o1.[C-]#CC(=O)OCC.[Pt+2]. The third kappa shape index (κ3) is 7.41. The van der Waals surface area contributed by atoms with Gasteiger partial charge in [-0.2, -0.15) is 0 Å². The van der Waals surface area contributed by atoms with Crippen molar-refractivity contribution in [2.24, 2.45) is 0 Å². The Balaban J connectivity index is 0.000000489. The van der Waals surface area contributed by atoms with Crippen LogP contribution in [0, 0.1) is 18.4 Å². The Hall–Kier alpha value is -3.04. The summed E-state index contributed by atoms with van der Waals surface area (Å²) in [7, 11) is 0. The standard InChI is InChI=1S/C16H15N2O4.C5H5O2.Pt/c1-3-19-13-9-17-15(21-13)11-6-5-7-12(8-11)16-18-10-14(22-16)20-4-2;1-3-5(6)7-4-2;/h5-7,9-10H,3-4H2,1-2H3;4H2,2H3;/q2*-1;+2. The molecule has 0 radical (unpaired) electrons. The summed E-state index contributed by atoms with van der Waals surface area (Å²) in [6.07, 6.45) is 9.27. The first-order valence-corrected chi connectivity index (χ1v) is 8.91. The minimum Gasteiger partial charge on any atom is -0.542 e. The van der Waals surface area contributed by atoms with Gasteiger partial charge in [-0.1, -0.05) is 11.1 Å². The molecule has 0 atom stereocenters. The minimum atomic E-state index is -0.706. The van der Waals surface area contributed by atoms with Crippen LogP contribution in [0.5, 0.6) is 11.9 Å². The van der Waals surface area contributed by atoms with E-state index < -0.39 is 5.97 Å². The molecule has 0 aliphatic heterocycles. The van der Waals surface area contributed by atoms with Crippen molar-refractivity contribution >= 4 is 5.97 Å². The number of carbonyl (C=O) groups is 1. The van der Waals surface area contributed by atoms with Crippen LogP contribution in [0.4, 0.5) is 0 Å². The predicted molar refractivity (Wildman–Crippen MR) is 102 cm³/mol. The van der Waals surface area contributed by atoms with E-state index >= 15 is 0 Å². The van der Waals surface area contributed by atoms with Crippen molar-refractivity contribution in [1.29, 1.82) is 0 Å². The number of ether oxygens (including phenoxy) is 3. The third-order valence-electron chi connectivity index (χ3n) is 3.18. The number of hydrogen-bond acceptors (Lipinski definition) is 8. The van der Waals surface area contributed by atoms with Crippen LogP contribution >= 0.6 is 0 Å². The normalized spacial score (nSPS) is 9.40. The summed E-state index contributed by atoms with van der Waals surface area (Å²) in [5.41, 5.74) is 1.39. The van der Waals surface area contributed by atoms with Crippen LogP contribution in [0.3, 0.4) is 0 Å². The van der Waals surface area contributed by atoms with Gasteiger partial charge in [-0.05, 0) is 20.8 Å². The summed E-state index contributed by atoms with van der Waals surface area (Å²) >= 11 is 0. The second-order valence-electron chi connectivity index (χ2n) is 5.16. The van der Waals surface area contributed by atoms with Crippen LogP contribution in [-0.4, -0.2) is 35.8 Å². The molecule has 0 saturated heterocycles. The number of hydrogen-bond donors (Lipinski definition) is 0. The molecular formula is C21H20N2O6Pt. The van der Waals surface area contributed by atoms with E-state index in [-0.39, 0.29) is 21.1 Å². The summed E-state index contributed by atoms with van der Waals surface area (Å²) in [4.78, 5) is 18.2. The van der Waals surface area contributed by atoms with Gasteiger partial charge in [0.15, 0.2) is 11.8 Å². The Morgan fingerprint density at radius 3 is 1.87 bits per heavy atom. The molecule has 0 aliphatic carbocycles. The quantitative estimate of drug-likeness (QED) is 0.233. The van der Waals surface area contributed by atoms with Crippen molar-refractivity contribution < 1.29 is 48.9 Å². The van der Waals surface area contributed by atoms with Gasteiger partial charge in [0, 0.05) is 0 Å². The maximum atomic E-state index is 9.89. The molecule has 0 unspecified atom stereocenters. The molecule has 3 aromatic rings. The summed E-state index contributed by atoms with van der Waals surface area (Å²) in [6, 6.07) is 8.71. The molecule has 2 heterocycles. The van der Waals surface area contributed by atoms with E-state index in [0.29, 0.717) is 54.6 Å². The molecule has 0 spiro atoms. The van der Waals surface area contributed by atoms with Crippen LogP contribution in [-0.2, 0) is 30.6 Å². The van der Waals surface area contributed by atoms with E-state index in [1.54, 1.807) is 12.8 Å². The zero-order valence-electron chi connectivity index (χ0n) is 16.7. The molecule has 2 aromatic heterocycles. The summed E-state index contributed by atoms with van der Waals surface area (Å²) < 4.78 is 25.8. The van der Waals surface area contributed by atoms with Gasteiger partial charge < -0.3 is 34.3 Å². The van der Waals surface area contributed by atoms with Crippen LogP contribution in [0.1, 0.15) is 20.8 Å². The first kappa shape index (κ1) is 25.0. The molecule has 0 bridgehead atoms. The van der Waals surface area contributed by atoms with Crippen molar-refractivity contribution in [3.63, 3.8) is 0 Å². The molecule has 8 nitrogen and oxygen atoms in total. The zero-order valence-corrected chi connectivity index (χ0v) is 18.9. The van der Waals surface area contributed by atoms with Gasteiger partial charge in [0.2, 0.25) is 5.97 Å². The minimum absolute atomic E-state index is 0. The fourth-order valence-corrected chi connectivity index (χ4v) is 2.07. The average molecular weight is 591 g/mol. The summed E-state index contributed by atoms with van der Waals surface area (Å²) in [5, 5.41) is 0. The number of carbonyl (C=O) groups excluding carboxylic acids is 1. The maximum Gasteiger partial charge on any atom is 2.00 e. The molecule has 0 amide bonds. The second-order valence-corrected chi connectivity index (χ2v) is 5.16. The smallest absolute Gasteiger partial charge is 0.542 e. The van der Waals surface area contributed by atoms with E-state index in [0.717, 1.165) is 0 Å². The monoisotopic (exact) mass is 591 g/mol. The van der Waals surface area contributed by atoms with E-state index in [1.807, 2.05) is 32.0 Å². The van der Waals surface area contributed by atoms with Gasteiger partial charge in [-0.3, -0.25) is 9.97 Å². The molecule has 0 aliphatic rings. The van der Waals surface area contributed by atoms with E-state index in [9.17, 15) is 4.79 Å². The first-order chi connectivity index (χ1) is 14.1. The molecular weight excluding hydrogens is 571 g/mol. The van der Waals surface area contributed by atoms with E-state index in [1.165, 1.54) is 12.4 Å². The van der Waals surface area contributed by atoms with Crippen LogP contribution in [0.2, 0.25) is 0 Å². The van der Waals surface area contributed by atoms with Crippen molar-refractivity contribution in [1.82, 2.24) is 9.97 Å². The van der Waals surface area contributed by atoms with Crippen molar-refractivity contribution in [3.05, 3.63) is 43.1 Å². The van der Waals surface area contributed by atoms with Gasteiger partial charge in [0.05, 0.1) is 19.8 Å². The average Bonchev–Trinajstić information content (AvgIpc) is 3.39. The second kappa shape index (κ2) is 13.2. The number of nitrogens with zero attached hydrogens (tertiary/aromatic N) is 2. The molecule has 0 fully saturated rings. The predicted octanol–water partition coefficient (Wildman–Crippen LogP) is 3.73. The molecule has 0 saturated carbocycles. The number of aromatic nitrogens is 2. The fraction of sp³-hybridized carbons (Fsp3) is 0.286. The number of benzene rings is 1. The Morgan fingerprint density at radius 1 is 1.00 bits per heavy atom.